The van der Waals surface area contributed by atoms with Gasteiger partial charge in [-0.25, -0.2) is 9.37 Å². The molecule has 0 saturated heterocycles. The first kappa shape index (κ1) is 17.7. The molecule has 0 aliphatic carbocycles. The minimum atomic E-state index is -0.639. The standard InChI is InChI=1S/C21H17FN4O2/c1-26-11-10-23-20(26)19(15-8-5-9-16(22)12-15)24-21(27)17-13-18(28-25-17)14-6-3-2-4-7-14/h2-13,19H,1H3,(H,24,27). The minimum absolute atomic E-state index is 0.134. The summed E-state index contributed by atoms with van der Waals surface area (Å²) < 4.78 is 20.8. The molecule has 2 aromatic heterocycles. The molecule has 0 spiro atoms. The van der Waals surface area contributed by atoms with E-state index in [0.29, 0.717) is 17.1 Å². The van der Waals surface area contributed by atoms with E-state index in [9.17, 15) is 9.18 Å². The SMILES string of the molecule is Cn1ccnc1C(NC(=O)c1cc(-c2ccccc2)on1)c1cccc(F)c1. The van der Waals surface area contributed by atoms with Gasteiger partial charge in [0.2, 0.25) is 0 Å². The Morgan fingerprint density at radius 3 is 2.68 bits per heavy atom. The highest BCUT2D eigenvalue weighted by Gasteiger charge is 2.23. The minimum Gasteiger partial charge on any atom is -0.355 e. The van der Waals surface area contributed by atoms with Crippen LogP contribution in [-0.2, 0) is 7.05 Å². The number of imidazole rings is 1. The average Bonchev–Trinajstić information content (AvgIpc) is 3.36. The van der Waals surface area contributed by atoms with Gasteiger partial charge in [0.15, 0.2) is 11.5 Å². The van der Waals surface area contributed by atoms with Crippen LogP contribution in [0.3, 0.4) is 0 Å². The maximum absolute atomic E-state index is 13.8. The average molecular weight is 376 g/mol. The van der Waals surface area contributed by atoms with Crippen LogP contribution in [0.1, 0.15) is 27.9 Å². The van der Waals surface area contributed by atoms with E-state index in [0.717, 1.165) is 5.56 Å². The van der Waals surface area contributed by atoms with Crippen LogP contribution >= 0.6 is 0 Å². The van der Waals surface area contributed by atoms with Crippen LogP contribution in [0.25, 0.3) is 11.3 Å². The van der Waals surface area contributed by atoms with Gasteiger partial charge in [-0.15, -0.1) is 0 Å². The molecular formula is C21H17FN4O2. The van der Waals surface area contributed by atoms with Crippen molar-refractivity contribution in [2.24, 2.45) is 7.05 Å². The Labute approximate surface area is 160 Å². The number of rotatable bonds is 5. The number of carbonyl (C=O) groups is 1. The van der Waals surface area contributed by atoms with Gasteiger partial charge in [-0.1, -0.05) is 47.6 Å². The quantitative estimate of drug-likeness (QED) is 0.576. The summed E-state index contributed by atoms with van der Waals surface area (Å²) in [5, 5.41) is 6.75. The van der Waals surface area contributed by atoms with Gasteiger partial charge in [0, 0.05) is 31.1 Å². The first-order valence-corrected chi connectivity index (χ1v) is 8.67. The van der Waals surface area contributed by atoms with E-state index in [1.54, 1.807) is 35.2 Å². The number of benzene rings is 2. The van der Waals surface area contributed by atoms with Gasteiger partial charge in [-0.2, -0.15) is 0 Å². The Bertz CT molecular complexity index is 1100. The molecule has 0 saturated carbocycles. The normalized spacial score (nSPS) is 11.9. The van der Waals surface area contributed by atoms with E-state index in [4.69, 9.17) is 4.52 Å². The number of hydrogen-bond donors (Lipinski definition) is 1. The van der Waals surface area contributed by atoms with Crippen LogP contribution in [0, 0.1) is 5.82 Å². The molecule has 0 aliphatic heterocycles. The smallest absolute Gasteiger partial charge is 0.274 e. The number of nitrogens with zero attached hydrogens (tertiary/aromatic N) is 3. The fourth-order valence-corrected chi connectivity index (χ4v) is 2.96. The number of amides is 1. The molecule has 4 aromatic rings. The second-order valence-electron chi connectivity index (χ2n) is 6.30. The third-order valence-corrected chi connectivity index (χ3v) is 4.38. The monoisotopic (exact) mass is 376 g/mol. The summed E-state index contributed by atoms with van der Waals surface area (Å²) in [5.74, 6) is 0.234. The van der Waals surface area contributed by atoms with Crippen molar-refractivity contribution in [2.45, 2.75) is 6.04 Å². The zero-order valence-electron chi connectivity index (χ0n) is 15.0. The fraction of sp³-hybridized carbons (Fsp3) is 0.0952. The lowest BCUT2D eigenvalue weighted by atomic mass is 10.1. The Kier molecular flexibility index (Phi) is 4.72. The molecule has 2 aromatic carbocycles. The fourth-order valence-electron chi connectivity index (χ4n) is 2.96. The molecule has 0 fully saturated rings. The molecule has 6 nitrogen and oxygen atoms in total. The van der Waals surface area contributed by atoms with Crippen molar-refractivity contribution in [1.29, 1.82) is 0 Å². The van der Waals surface area contributed by atoms with Gasteiger partial charge in [0.1, 0.15) is 17.7 Å². The largest absolute Gasteiger partial charge is 0.355 e. The van der Waals surface area contributed by atoms with Crippen LogP contribution in [0.2, 0.25) is 0 Å². The number of hydrogen-bond acceptors (Lipinski definition) is 4. The van der Waals surface area contributed by atoms with E-state index in [1.165, 1.54) is 12.1 Å². The molecule has 1 atom stereocenters. The van der Waals surface area contributed by atoms with Crippen molar-refractivity contribution < 1.29 is 13.7 Å². The maximum Gasteiger partial charge on any atom is 0.274 e. The molecule has 2 heterocycles. The summed E-state index contributed by atoms with van der Waals surface area (Å²) in [7, 11) is 1.81. The van der Waals surface area contributed by atoms with Crippen molar-refractivity contribution in [1.82, 2.24) is 20.0 Å². The maximum atomic E-state index is 13.8. The van der Waals surface area contributed by atoms with E-state index in [1.807, 2.05) is 37.4 Å². The Hall–Kier alpha value is -3.74. The summed E-state index contributed by atoms with van der Waals surface area (Å²) >= 11 is 0. The van der Waals surface area contributed by atoms with E-state index in [-0.39, 0.29) is 5.69 Å². The van der Waals surface area contributed by atoms with Crippen molar-refractivity contribution in [3.8, 4) is 11.3 Å². The summed E-state index contributed by atoms with van der Waals surface area (Å²) in [4.78, 5) is 17.1. The highest BCUT2D eigenvalue weighted by atomic mass is 19.1. The summed E-state index contributed by atoms with van der Waals surface area (Å²) in [6.45, 7) is 0. The predicted molar refractivity (Wildman–Crippen MR) is 101 cm³/mol. The van der Waals surface area contributed by atoms with Gasteiger partial charge in [-0.05, 0) is 17.7 Å². The highest BCUT2D eigenvalue weighted by molar-refractivity contribution is 5.93. The van der Waals surface area contributed by atoms with Gasteiger partial charge in [-0.3, -0.25) is 4.79 Å². The first-order chi connectivity index (χ1) is 13.6. The first-order valence-electron chi connectivity index (χ1n) is 8.67. The Balaban J connectivity index is 1.63. The molecule has 0 radical (unpaired) electrons. The van der Waals surface area contributed by atoms with E-state index < -0.39 is 17.8 Å². The van der Waals surface area contributed by atoms with E-state index >= 15 is 0 Å². The van der Waals surface area contributed by atoms with Gasteiger partial charge in [0.25, 0.3) is 5.91 Å². The van der Waals surface area contributed by atoms with Crippen LogP contribution in [0.15, 0.2) is 77.6 Å². The predicted octanol–water partition coefficient (Wildman–Crippen LogP) is 3.73. The zero-order chi connectivity index (χ0) is 19.5. The van der Waals surface area contributed by atoms with Gasteiger partial charge >= 0.3 is 0 Å². The molecule has 7 heteroatoms. The zero-order valence-corrected chi connectivity index (χ0v) is 15.0. The number of halogens is 1. The lowest BCUT2D eigenvalue weighted by Crippen LogP contribution is -2.31. The molecule has 0 aliphatic rings. The number of carbonyl (C=O) groups excluding carboxylic acids is 1. The molecule has 0 bridgehead atoms. The van der Waals surface area contributed by atoms with Crippen LogP contribution in [0.5, 0.6) is 0 Å². The summed E-state index contributed by atoms with van der Waals surface area (Å²) in [5.41, 5.74) is 1.53. The topological polar surface area (TPSA) is 73.0 Å². The molecule has 28 heavy (non-hydrogen) atoms. The lowest BCUT2D eigenvalue weighted by Gasteiger charge is -2.18. The number of aryl methyl sites for hydroxylation is 1. The number of nitrogens with one attached hydrogen (secondary N) is 1. The second-order valence-corrected chi connectivity index (χ2v) is 6.30. The lowest BCUT2D eigenvalue weighted by molar-refractivity contribution is 0.0932. The third-order valence-electron chi connectivity index (χ3n) is 4.38. The molecule has 4 rings (SSSR count). The van der Waals surface area contributed by atoms with E-state index in [2.05, 4.69) is 15.5 Å². The molecule has 1 amide bonds. The second kappa shape index (κ2) is 7.48. The summed E-state index contributed by atoms with van der Waals surface area (Å²) in [6.07, 6.45) is 3.38. The van der Waals surface area contributed by atoms with Crippen LogP contribution < -0.4 is 5.32 Å². The van der Waals surface area contributed by atoms with Crippen LogP contribution in [-0.4, -0.2) is 20.6 Å². The molecule has 1 unspecified atom stereocenters. The molecule has 1 N–H and O–H groups in total. The van der Waals surface area contributed by atoms with Gasteiger partial charge < -0.3 is 14.4 Å². The van der Waals surface area contributed by atoms with Crippen LogP contribution in [0.4, 0.5) is 4.39 Å². The molecule has 140 valence electrons. The van der Waals surface area contributed by atoms with Crippen molar-refractivity contribution in [3.05, 3.63) is 96.0 Å². The van der Waals surface area contributed by atoms with Crippen molar-refractivity contribution in [3.63, 3.8) is 0 Å². The Morgan fingerprint density at radius 1 is 1.14 bits per heavy atom. The third kappa shape index (κ3) is 3.55. The Morgan fingerprint density at radius 2 is 1.96 bits per heavy atom. The summed E-state index contributed by atoms with van der Waals surface area (Å²) in [6, 6.07) is 16.4. The van der Waals surface area contributed by atoms with Gasteiger partial charge in [0.05, 0.1) is 0 Å². The molecular weight excluding hydrogens is 359 g/mol. The van der Waals surface area contributed by atoms with Crippen molar-refractivity contribution >= 4 is 5.91 Å². The van der Waals surface area contributed by atoms with Crippen molar-refractivity contribution in [2.75, 3.05) is 0 Å². The number of aromatic nitrogens is 3. The highest BCUT2D eigenvalue weighted by Crippen LogP contribution is 2.23.